The summed E-state index contributed by atoms with van der Waals surface area (Å²) in [6, 6.07) is 1.75. The molecule has 0 aliphatic heterocycles. The van der Waals surface area contributed by atoms with Crippen molar-refractivity contribution in [2.75, 3.05) is 25.6 Å². The van der Waals surface area contributed by atoms with Crippen LogP contribution in [-0.4, -0.2) is 36.4 Å². The molecule has 0 radical (unpaired) electrons. The normalized spacial score (nSPS) is 11.6. The molecular weight excluding hydrogens is 235 g/mol. The zero-order chi connectivity index (χ0) is 12.9. The number of alkyl halides is 3. The molecule has 4 nitrogen and oxygen atoms in total. The molecular formula is C10H14F3N3O. The number of hydrogen-bond acceptors (Lipinski definition) is 4. The first-order chi connectivity index (χ1) is 7.90. The Labute approximate surface area is 97.2 Å². The summed E-state index contributed by atoms with van der Waals surface area (Å²) in [5, 5.41) is 2.85. The maximum Gasteiger partial charge on any atom is 0.411 e. The first-order valence-electron chi connectivity index (χ1n) is 5.07. The van der Waals surface area contributed by atoms with Crippen molar-refractivity contribution in [1.29, 1.82) is 0 Å². The predicted molar refractivity (Wildman–Crippen MR) is 56.9 cm³/mol. The summed E-state index contributed by atoms with van der Waals surface area (Å²) in [6.07, 6.45) is -4.03. The lowest BCUT2D eigenvalue weighted by molar-refractivity contribution is -0.173. The first-order valence-corrected chi connectivity index (χ1v) is 5.07. The fourth-order valence-electron chi connectivity index (χ4n) is 1.22. The molecule has 1 aromatic rings. The molecule has 0 aromatic carbocycles. The largest absolute Gasteiger partial charge is 0.411 e. The zero-order valence-electron chi connectivity index (χ0n) is 9.64. The molecule has 7 heteroatoms. The van der Waals surface area contributed by atoms with Crippen LogP contribution in [0.5, 0.6) is 0 Å². The van der Waals surface area contributed by atoms with E-state index in [0.29, 0.717) is 11.6 Å². The number of nitrogens with zero attached hydrogens (tertiary/aromatic N) is 2. The molecule has 17 heavy (non-hydrogen) atoms. The lowest BCUT2D eigenvalue weighted by Crippen LogP contribution is -2.18. The summed E-state index contributed by atoms with van der Waals surface area (Å²) in [6.45, 7) is 0.506. The minimum Gasteiger partial charge on any atom is -0.373 e. The smallest absolute Gasteiger partial charge is 0.373 e. The summed E-state index contributed by atoms with van der Waals surface area (Å²) in [4.78, 5) is 8.21. The van der Waals surface area contributed by atoms with Crippen molar-refractivity contribution >= 4 is 5.82 Å². The van der Waals surface area contributed by atoms with Gasteiger partial charge in [0.1, 0.15) is 18.2 Å². The second-order valence-electron chi connectivity index (χ2n) is 3.48. The van der Waals surface area contributed by atoms with Crippen molar-refractivity contribution in [3.05, 3.63) is 17.6 Å². The highest BCUT2D eigenvalue weighted by atomic mass is 19.4. The number of hydrogen-bond donors (Lipinski definition) is 1. The maximum absolute atomic E-state index is 11.8. The van der Waals surface area contributed by atoms with Gasteiger partial charge in [0, 0.05) is 25.2 Å². The van der Waals surface area contributed by atoms with Crippen LogP contribution in [0.15, 0.2) is 6.07 Å². The van der Waals surface area contributed by atoms with Crippen LogP contribution in [0.1, 0.15) is 11.5 Å². The lowest BCUT2D eigenvalue weighted by Gasteiger charge is -2.08. The molecule has 0 unspecified atom stereocenters. The average molecular weight is 249 g/mol. The third kappa shape index (κ3) is 5.48. The summed E-state index contributed by atoms with van der Waals surface area (Å²) in [5.74, 6) is 1.11. The van der Waals surface area contributed by atoms with Crippen LogP contribution in [0.2, 0.25) is 0 Å². The van der Waals surface area contributed by atoms with E-state index in [-0.39, 0.29) is 13.0 Å². The quantitative estimate of drug-likeness (QED) is 0.810. The number of anilines is 1. The van der Waals surface area contributed by atoms with Gasteiger partial charge in [-0.25, -0.2) is 9.97 Å². The van der Waals surface area contributed by atoms with E-state index in [4.69, 9.17) is 0 Å². The predicted octanol–water partition coefficient (Wildman–Crippen LogP) is 1.95. The van der Waals surface area contributed by atoms with Gasteiger partial charge in [0.05, 0.1) is 6.61 Å². The highest BCUT2D eigenvalue weighted by Crippen LogP contribution is 2.14. The fraction of sp³-hybridized carbons (Fsp3) is 0.600. The Kier molecular flexibility index (Phi) is 4.68. The third-order valence-electron chi connectivity index (χ3n) is 1.89. The molecule has 0 fully saturated rings. The molecule has 0 bridgehead atoms. The second kappa shape index (κ2) is 5.81. The van der Waals surface area contributed by atoms with Crippen LogP contribution in [0.4, 0.5) is 19.0 Å². The average Bonchev–Trinajstić information content (AvgIpc) is 2.22. The molecule has 0 atom stereocenters. The molecule has 0 saturated carbocycles. The number of aryl methyl sites for hydroxylation is 1. The molecule has 1 heterocycles. The van der Waals surface area contributed by atoms with Gasteiger partial charge in [-0.3, -0.25) is 0 Å². The van der Waals surface area contributed by atoms with E-state index in [0.717, 1.165) is 5.69 Å². The molecule has 96 valence electrons. The van der Waals surface area contributed by atoms with Crippen LogP contribution in [-0.2, 0) is 11.2 Å². The third-order valence-corrected chi connectivity index (χ3v) is 1.89. The standard InChI is InChI=1S/C10H14F3N3O/c1-7-5-9(14-2)16-8(15-7)3-4-17-6-10(11,12)13/h5H,3-4,6H2,1-2H3,(H,14,15,16). The van der Waals surface area contributed by atoms with E-state index >= 15 is 0 Å². The minimum atomic E-state index is -4.29. The van der Waals surface area contributed by atoms with Crippen molar-refractivity contribution < 1.29 is 17.9 Å². The summed E-state index contributed by atoms with van der Waals surface area (Å²) >= 11 is 0. The molecule has 1 N–H and O–H groups in total. The Hall–Kier alpha value is -1.37. The second-order valence-corrected chi connectivity index (χ2v) is 3.48. The molecule has 0 aliphatic carbocycles. The van der Waals surface area contributed by atoms with Crippen LogP contribution < -0.4 is 5.32 Å². The van der Waals surface area contributed by atoms with Crippen LogP contribution >= 0.6 is 0 Å². The monoisotopic (exact) mass is 249 g/mol. The Morgan fingerprint density at radius 3 is 2.65 bits per heavy atom. The first kappa shape index (κ1) is 13.7. The van der Waals surface area contributed by atoms with Gasteiger partial charge in [0.2, 0.25) is 0 Å². The van der Waals surface area contributed by atoms with Gasteiger partial charge in [-0.15, -0.1) is 0 Å². The molecule has 0 spiro atoms. The number of aromatic nitrogens is 2. The van der Waals surface area contributed by atoms with Crippen molar-refractivity contribution in [2.45, 2.75) is 19.5 Å². The number of rotatable bonds is 5. The molecule has 0 amide bonds. The number of nitrogens with one attached hydrogen (secondary N) is 1. The van der Waals surface area contributed by atoms with Gasteiger partial charge < -0.3 is 10.1 Å². The van der Waals surface area contributed by atoms with Gasteiger partial charge >= 0.3 is 6.18 Å². The number of halogens is 3. The summed E-state index contributed by atoms with van der Waals surface area (Å²) in [7, 11) is 1.71. The van der Waals surface area contributed by atoms with Crippen LogP contribution in [0, 0.1) is 6.92 Å². The fourth-order valence-corrected chi connectivity index (χ4v) is 1.22. The topological polar surface area (TPSA) is 47.0 Å². The Morgan fingerprint density at radius 2 is 2.06 bits per heavy atom. The van der Waals surface area contributed by atoms with E-state index in [1.54, 1.807) is 20.0 Å². The van der Waals surface area contributed by atoms with Gasteiger partial charge in [-0.2, -0.15) is 13.2 Å². The molecule has 1 rings (SSSR count). The molecule has 1 aromatic heterocycles. The Bertz CT molecular complexity index is 368. The van der Waals surface area contributed by atoms with E-state index in [2.05, 4.69) is 20.0 Å². The summed E-state index contributed by atoms with van der Waals surface area (Å²) < 4.78 is 39.9. The van der Waals surface area contributed by atoms with Crippen molar-refractivity contribution in [1.82, 2.24) is 9.97 Å². The van der Waals surface area contributed by atoms with Crippen LogP contribution in [0.3, 0.4) is 0 Å². The van der Waals surface area contributed by atoms with Crippen LogP contribution in [0.25, 0.3) is 0 Å². The molecule has 0 saturated heterocycles. The van der Waals surface area contributed by atoms with E-state index in [9.17, 15) is 13.2 Å². The number of ether oxygens (including phenoxy) is 1. The minimum absolute atomic E-state index is 0.0495. The highest BCUT2D eigenvalue weighted by Gasteiger charge is 2.27. The van der Waals surface area contributed by atoms with E-state index in [1.807, 2.05) is 0 Å². The highest BCUT2D eigenvalue weighted by molar-refractivity contribution is 5.34. The van der Waals surface area contributed by atoms with Gasteiger partial charge in [-0.1, -0.05) is 0 Å². The van der Waals surface area contributed by atoms with Crippen molar-refractivity contribution in [2.24, 2.45) is 0 Å². The van der Waals surface area contributed by atoms with Crippen molar-refractivity contribution in [3.8, 4) is 0 Å². The SMILES string of the molecule is CNc1cc(C)nc(CCOCC(F)(F)F)n1. The summed E-state index contributed by atoms with van der Waals surface area (Å²) in [5.41, 5.74) is 0.759. The lowest BCUT2D eigenvalue weighted by atomic mass is 10.3. The van der Waals surface area contributed by atoms with Gasteiger partial charge in [-0.05, 0) is 6.92 Å². The van der Waals surface area contributed by atoms with E-state index in [1.165, 1.54) is 0 Å². The van der Waals surface area contributed by atoms with E-state index < -0.39 is 12.8 Å². The maximum atomic E-state index is 11.8. The van der Waals surface area contributed by atoms with Gasteiger partial charge in [0.25, 0.3) is 0 Å². The zero-order valence-corrected chi connectivity index (χ0v) is 9.64. The Morgan fingerprint density at radius 1 is 1.35 bits per heavy atom. The van der Waals surface area contributed by atoms with Crippen molar-refractivity contribution in [3.63, 3.8) is 0 Å². The Balaban J connectivity index is 2.44. The molecule has 0 aliphatic rings. The van der Waals surface area contributed by atoms with Gasteiger partial charge in [0.15, 0.2) is 0 Å².